The van der Waals surface area contributed by atoms with E-state index in [4.69, 9.17) is 14.2 Å². The Morgan fingerprint density at radius 2 is 2.05 bits per heavy atom. The van der Waals surface area contributed by atoms with Crippen LogP contribution in [0.2, 0.25) is 0 Å². The number of rotatable bonds is 4. The molecule has 0 bridgehead atoms. The Morgan fingerprint density at radius 3 is 2.67 bits per heavy atom. The molecular formula is C15H21NO5. The first-order valence-corrected chi connectivity index (χ1v) is 7.00. The molecule has 1 amide bonds. The second-order valence-corrected chi connectivity index (χ2v) is 5.02. The molecule has 2 aliphatic rings. The highest BCUT2D eigenvalue weighted by Crippen LogP contribution is 2.23. The van der Waals surface area contributed by atoms with Gasteiger partial charge in [-0.05, 0) is 5.57 Å². The van der Waals surface area contributed by atoms with Gasteiger partial charge in [0, 0.05) is 20.2 Å². The second kappa shape index (κ2) is 7.38. The Kier molecular flexibility index (Phi) is 5.52. The fraction of sp³-hybridized carbons (Fsp3) is 0.600. The zero-order valence-electron chi connectivity index (χ0n) is 12.4. The third kappa shape index (κ3) is 3.92. The third-order valence-electron chi connectivity index (χ3n) is 3.71. The number of nitrogens with zero attached hydrogens (tertiary/aromatic N) is 1. The van der Waals surface area contributed by atoms with Crippen LogP contribution in [0, 0.1) is 5.92 Å². The van der Waals surface area contributed by atoms with Crippen LogP contribution >= 0.6 is 0 Å². The summed E-state index contributed by atoms with van der Waals surface area (Å²) in [7, 11) is 2.89. The maximum Gasteiger partial charge on any atom is 0.315 e. The van der Waals surface area contributed by atoms with E-state index in [1.165, 1.54) is 14.2 Å². The molecule has 0 radical (unpaired) electrons. The molecule has 0 saturated carbocycles. The van der Waals surface area contributed by atoms with E-state index in [-0.39, 0.29) is 11.9 Å². The van der Waals surface area contributed by atoms with Gasteiger partial charge < -0.3 is 19.1 Å². The number of hydrogen-bond acceptors (Lipinski definition) is 5. The predicted octanol–water partition coefficient (Wildman–Crippen LogP) is 0.536. The molecular weight excluding hydrogens is 274 g/mol. The SMILES string of the molecule is COC(=O)C1C=CC(CC(=O)N2CCOCC2)=CC1OC. The van der Waals surface area contributed by atoms with Crippen molar-refractivity contribution in [1.29, 1.82) is 0 Å². The average Bonchev–Trinajstić information content (AvgIpc) is 2.54. The van der Waals surface area contributed by atoms with Crippen LogP contribution in [0.1, 0.15) is 6.42 Å². The van der Waals surface area contributed by atoms with Crippen LogP contribution < -0.4 is 0 Å². The first-order valence-electron chi connectivity index (χ1n) is 7.00. The van der Waals surface area contributed by atoms with Crippen molar-refractivity contribution in [3.8, 4) is 0 Å². The van der Waals surface area contributed by atoms with Crippen LogP contribution in [0.15, 0.2) is 23.8 Å². The summed E-state index contributed by atoms with van der Waals surface area (Å²) in [6.45, 7) is 2.44. The minimum Gasteiger partial charge on any atom is -0.468 e. The third-order valence-corrected chi connectivity index (χ3v) is 3.71. The van der Waals surface area contributed by atoms with Crippen molar-refractivity contribution in [1.82, 2.24) is 4.90 Å². The number of ether oxygens (including phenoxy) is 3. The van der Waals surface area contributed by atoms with E-state index < -0.39 is 12.0 Å². The highest BCUT2D eigenvalue weighted by atomic mass is 16.5. The Morgan fingerprint density at radius 1 is 1.33 bits per heavy atom. The maximum absolute atomic E-state index is 12.2. The van der Waals surface area contributed by atoms with Gasteiger partial charge in [-0.15, -0.1) is 0 Å². The summed E-state index contributed by atoms with van der Waals surface area (Å²) in [5, 5.41) is 0. The molecule has 116 valence electrons. The van der Waals surface area contributed by atoms with E-state index in [1.54, 1.807) is 17.1 Å². The number of amides is 1. The fourth-order valence-electron chi connectivity index (χ4n) is 2.49. The number of esters is 1. The standard InChI is InChI=1S/C15H21NO5/c1-19-13-9-11(3-4-12(13)15(18)20-2)10-14(17)16-5-7-21-8-6-16/h3-4,9,12-13H,5-8,10H2,1-2H3. The van der Waals surface area contributed by atoms with Crippen molar-refractivity contribution in [3.63, 3.8) is 0 Å². The number of allylic oxidation sites excluding steroid dienone is 1. The van der Waals surface area contributed by atoms with Crippen molar-refractivity contribution in [2.75, 3.05) is 40.5 Å². The van der Waals surface area contributed by atoms with Crippen molar-refractivity contribution in [3.05, 3.63) is 23.8 Å². The van der Waals surface area contributed by atoms with Gasteiger partial charge in [0.1, 0.15) is 5.92 Å². The van der Waals surface area contributed by atoms with E-state index in [2.05, 4.69) is 0 Å². The minimum atomic E-state index is -0.456. The highest BCUT2D eigenvalue weighted by molar-refractivity contribution is 5.80. The summed E-state index contributed by atoms with van der Waals surface area (Å²) < 4.78 is 15.3. The van der Waals surface area contributed by atoms with Gasteiger partial charge in [-0.2, -0.15) is 0 Å². The molecule has 0 aromatic rings. The molecule has 1 fully saturated rings. The summed E-state index contributed by atoms with van der Waals surface area (Å²) in [5.41, 5.74) is 0.860. The summed E-state index contributed by atoms with van der Waals surface area (Å²) in [6.07, 6.45) is 5.27. The molecule has 2 atom stereocenters. The van der Waals surface area contributed by atoms with E-state index in [1.807, 2.05) is 6.08 Å². The van der Waals surface area contributed by atoms with Crippen LogP contribution in [-0.2, 0) is 23.8 Å². The predicted molar refractivity (Wildman–Crippen MR) is 75.5 cm³/mol. The highest BCUT2D eigenvalue weighted by Gasteiger charge is 2.29. The van der Waals surface area contributed by atoms with Crippen LogP contribution in [0.3, 0.4) is 0 Å². The van der Waals surface area contributed by atoms with Gasteiger partial charge in [0.15, 0.2) is 0 Å². The molecule has 0 spiro atoms. The smallest absolute Gasteiger partial charge is 0.315 e. The second-order valence-electron chi connectivity index (χ2n) is 5.02. The van der Waals surface area contributed by atoms with Crippen molar-refractivity contribution in [2.24, 2.45) is 5.92 Å². The Labute approximate surface area is 124 Å². The summed E-state index contributed by atoms with van der Waals surface area (Å²) in [6, 6.07) is 0. The quantitative estimate of drug-likeness (QED) is 0.708. The Balaban J connectivity index is 1.97. The summed E-state index contributed by atoms with van der Waals surface area (Å²) in [5.74, 6) is -0.726. The normalized spacial score (nSPS) is 25.4. The van der Waals surface area contributed by atoms with Crippen molar-refractivity contribution < 1.29 is 23.8 Å². The van der Waals surface area contributed by atoms with Crippen molar-refractivity contribution in [2.45, 2.75) is 12.5 Å². The van der Waals surface area contributed by atoms with Gasteiger partial charge in [-0.25, -0.2) is 0 Å². The lowest BCUT2D eigenvalue weighted by atomic mass is 9.92. The van der Waals surface area contributed by atoms with Gasteiger partial charge in [0.2, 0.25) is 5.91 Å². The molecule has 6 nitrogen and oxygen atoms in total. The Bertz CT molecular complexity index is 451. The molecule has 1 aliphatic carbocycles. The van der Waals surface area contributed by atoms with Crippen LogP contribution in [0.25, 0.3) is 0 Å². The topological polar surface area (TPSA) is 65.1 Å². The van der Waals surface area contributed by atoms with E-state index in [0.717, 1.165) is 5.57 Å². The summed E-state index contributed by atoms with van der Waals surface area (Å²) >= 11 is 0. The molecule has 1 aliphatic heterocycles. The van der Waals surface area contributed by atoms with E-state index >= 15 is 0 Å². The number of carbonyl (C=O) groups is 2. The van der Waals surface area contributed by atoms with Crippen molar-refractivity contribution >= 4 is 11.9 Å². The average molecular weight is 295 g/mol. The molecule has 1 heterocycles. The zero-order chi connectivity index (χ0) is 15.2. The number of morpholine rings is 1. The van der Waals surface area contributed by atoms with Gasteiger partial charge in [0.05, 0.1) is 32.8 Å². The zero-order valence-corrected chi connectivity index (χ0v) is 12.4. The van der Waals surface area contributed by atoms with Crippen LogP contribution in [0.5, 0.6) is 0 Å². The first kappa shape index (κ1) is 15.7. The molecule has 0 aromatic carbocycles. The van der Waals surface area contributed by atoms with E-state index in [9.17, 15) is 9.59 Å². The lowest BCUT2D eigenvalue weighted by Gasteiger charge is -2.28. The first-order chi connectivity index (χ1) is 10.2. The lowest BCUT2D eigenvalue weighted by molar-refractivity contribution is -0.146. The van der Waals surface area contributed by atoms with Crippen LogP contribution in [0.4, 0.5) is 0 Å². The number of carbonyl (C=O) groups excluding carboxylic acids is 2. The number of methoxy groups -OCH3 is 2. The largest absolute Gasteiger partial charge is 0.468 e. The Hall–Kier alpha value is -1.66. The van der Waals surface area contributed by atoms with E-state index in [0.29, 0.717) is 32.7 Å². The summed E-state index contributed by atoms with van der Waals surface area (Å²) in [4.78, 5) is 25.6. The molecule has 6 heteroatoms. The molecule has 2 unspecified atom stereocenters. The monoisotopic (exact) mass is 295 g/mol. The molecule has 0 N–H and O–H groups in total. The molecule has 21 heavy (non-hydrogen) atoms. The maximum atomic E-state index is 12.2. The van der Waals surface area contributed by atoms with Gasteiger partial charge >= 0.3 is 5.97 Å². The van der Waals surface area contributed by atoms with Crippen LogP contribution in [-0.4, -0.2) is 63.4 Å². The lowest BCUT2D eigenvalue weighted by Crippen LogP contribution is -2.41. The molecule has 2 rings (SSSR count). The molecule has 0 aromatic heterocycles. The fourth-order valence-corrected chi connectivity index (χ4v) is 2.49. The van der Waals surface area contributed by atoms with Gasteiger partial charge in [-0.1, -0.05) is 18.2 Å². The van der Waals surface area contributed by atoms with Gasteiger partial charge in [0.25, 0.3) is 0 Å². The van der Waals surface area contributed by atoms with Gasteiger partial charge in [-0.3, -0.25) is 9.59 Å². The number of hydrogen-bond donors (Lipinski definition) is 0. The molecule has 1 saturated heterocycles. The minimum absolute atomic E-state index is 0.0700.